The van der Waals surface area contributed by atoms with Gasteiger partial charge in [-0.15, -0.1) is 0 Å². The zero-order valence-electron chi connectivity index (χ0n) is 12.8. The normalized spacial score (nSPS) is 28.4. The highest BCUT2D eigenvalue weighted by molar-refractivity contribution is 5.27. The van der Waals surface area contributed by atoms with Gasteiger partial charge in [-0.25, -0.2) is 0 Å². The molecule has 0 amide bonds. The minimum Gasteiger partial charge on any atom is -0.314 e. The first-order valence-corrected chi connectivity index (χ1v) is 8.33. The van der Waals surface area contributed by atoms with Crippen molar-refractivity contribution in [1.29, 1.82) is 0 Å². The van der Waals surface area contributed by atoms with Gasteiger partial charge in [0.05, 0.1) is 0 Å². The lowest BCUT2D eigenvalue weighted by Crippen LogP contribution is -2.42. The van der Waals surface area contributed by atoms with Crippen LogP contribution in [0, 0.1) is 5.92 Å². The fourth-order valence-corrected chi connectivity index (χ4v) is 3.67. The van der Waals surface area contributed by atoms with Crippen LogP contribution >= 0.6 is 0 Å². The highest BCUT2D eigenvalue weighted by Crippen LogP contribution is 2.35. The van der Waals surface area contributed by atoms with Gasteiger partial charge in [-0.1, -0.05) is 44.0 Å². The van der Waals surface area contributed by atoms with Gasteiger partial charge in [0, 0.05) is 32.7 Å². The number of rotatable bonds is 3. The Hall–Kier alpha value is -0.860. The van der Waals surface area contributed by atoms with Crippen molar-refractivity contribution in [3.63, 3.8) is 0 Å². The summed E-state index contributed by atoms with van der Waals surface area (Å²) in [5, 5.41) is 3.43. The van der Waals surface area contributed by atoms with Gasteiger partial charge in [0.1, 0.15) is 0 Å². The number of benzene rings is 1. The standard InChI is InChI=1S/C18H28N2/c1-15-5-7-17(8-6-15)18-4-2-3-16(13-18)14-20-11-9-19-10-12-20/h2-4,13,15,17,19H,5-12,14H2,1H3. The predicted octanol–water partition coefficient (Wildman–Crippen LogP) is 3.39. The minimum atomic E-state index is 0.814. The number of nitrogens with one attached hydrogen (secondary N) is 1. The van der Waals surface area contributed by atoms with Gasteiger partial charge >= 0.3 is 0 Å². The SMILES string of the molecule is CC1CCC(c2cccc(CN3CCNCC3)c2)CC1. The second-order valence-electron chi connectivity index (χ2n) is 6.73. The number of hydrogen-bond donors (Lipinski definition) is 1. The summed E-state index contributed by atoms with van der Waals surface area (Å²) in [6, 6.07) is 9.40. The molecule has 0 unspecified atom stereocenters. The van der Waals surface area contributed by atoms with Crippen LogP contribution in [0.3, 0.4) is 0 Å². The van der Waals surface area contributed by atoms with Crippen molar-refractivity contribution < 1.29 is 0 Å². The van der Waals surface area contributed by atoms with Crippen molar-refractivity contribution in [2.24, 2.45) is 5.92 Å². The van der Waals surface area contributed by atoms with E-state index in [0.29, 0.717) is 0 Å². The first-order valence-electron chi connectivity index (χ1n) is 8.33. The molecule has 110 valence electrons. The van der Waals surface area contributed by atoms with Crippen molar-refractivity contribution in [3.8, 4) is 0 Å². The molecule has 0 bridgehead atoms. The molecule has 1 N–H and O–H groups in total. The number of nitrogens with zero attached hydrogens (tertiary/aromatic N) is 1. The summed E-state index contributed by atoms with van der Waals surface area (Å²) in [7, 11) is 0. The molecule has 2 heteroatoms. The molecule has 1 heterocycles. The van der Waals surface area contributed by atoms with Crippen LogP contribution in [-0.2, 0) is 6.54 Å². The van der Waals surface area contributed by atoms with Crippen LogP contribution in [-0.4, -0.2) is 31.1 Å². The molecule has 0 spiro atoms. The predicted molar refractivity (Wildman–Crippen MR) is 85.0 cm³/mol. The van der Waals surface area contributed by atoms with E-state index < -0.39 is 0 Å². The first kappa shape index (κ1) is 14.1. The molecule has 3 rings (SSSR count). The lowest BCUT2D eigenvalue weighted by molar-refractivity contribution is 0.233. The maximum absolute atomic E-state index is 3.43. The van der Waals surface area contributed by atoms with E-state index in [1.54, 1.807) is 5.56 Å². The topological polar surface area (TPSA) is 15.3 Å². The fraction of sp³-hybridized carbons (Fsp3) is 0.667. The van der Waals surface area contributed by atoms with Gasteiger partial charge in [-0.3, -0.25) is 4.90 Å². The van der Waals surface area contributed by atoms with Gasteiger partial charge in [-0.05, 0) is 35.8 Å². The Balaban J connectivity index is 1.63. The third kappa shape index (κ3) is 3.62. The van der Waals surface area contributed by atoms with E-state index in [9.17, 15) is 0 Å². The summed E-state index contributed by atoms with van der Waals surface area (Å²) in [6.07, 6.45) is 5.59. The Bertz CT molecular complexity index is 415. The van der Waals surface area contributed by atoms with Crippen molar-refractivity contribution in [2.75, 3.05) is 26.2 Å². The third-order valence-electron chi connectivity index (χ3n) is 5.05. The zero-order valence-corrected chi connectivity index (χ0v) is 12.8. The summed E-state index contributed by atoms with van der Waals surface area (Å²) in [5.41, 5.74) is 3.09. The molecule has 1 saturated carbocycles. The molecule has 0 radical (unpaired) electrons. The van der Waals surface area contributed by atoms with E-state index >= 15 is 0 Å². The maximum atomic E-state index is 3.43. The highest BCUT2D eigenvalue weighted by Gasteiger charge is 2.20. The van der Waals surface area contributed by atoms with Crippen molar-refractivity contribution in [3.05, 3.63) is 35.4 Å². The van der Waals surface area contributed by atoms with Crippen LogP contribution in [0.4, 0.5) is 0 Å². The Labute approximate surface area is 123 Å². The van der Waals surface area contributed by atoms with Gasteiger partial charge in [0.2, 0.25) is 0 Å². The second-order valence-corrected chi connectivity index (χ2v) is 6.73. The minimum absolute atomic E-state index is 0.814. The van der Waals surface area contributed by atoms with E-state index in [-0.39, 0.29) is 0 Å². The highest BCUT2D eigenvalue weighted by atomic mass is 15.2. The van der Waals surface area contributed by atoms with E-state index in [1.807, 2.05) is 0 Å². The van der Waals surface area contributed by atoms with Crippen LogP contribution in [0.5, 0.6) is 0 Å². The third-order valence-corrected chi connectivity index (χ3v) is 5.05. The van der Waals surface area contributed by atoms with Crippen LogP contribution in [0.15, 0.2) is 24.3 Å². The molecule has 1 aliphatic carbocycles. The van der Waals surface area contributed by atoms with E-state index in [4.69, 9.17) is 0 Å². The Morgan fingerprint density at radius 1 is 1.10 bits per heavy atom. The summed E-state index contributed by atoms with van der Waals surface area (Å²) in [5.74, 6) is 1.75. The molecule has 1 saturated heterocycles. The molecule has 20 heavy (non-hydrogen) atoms. The van der Waals surface area contributed by atoms with Crippen LogP contribution in [0.25, 0.3) is 0 Å². The zero-order chi connectivity index (χ0) is 13.8. The molecule has 0 aromatic heterocycles. The molecular formula is C18H28N2. The number of piperazine rings is 1. The molecular weight excluding hydrogens is 244 g/mol. The average molecular weight is 272 g/mol. The molecule has 2 fully saturated rings. The Morgan fingerprint density at radius 3 is 2.60 bits per heavy atom. The largest absolute Gasteiger partial charge is 0.314 e. The molecule has 1 aromatic rings. The Morgan fingerprint density at radius 2 is 1.85 bits per heavy atom. The van der Waals surface area contributed by atoms with Gasteiger partial charge < -0.3 is 5.32 Å². The van der Waals surface area contributed by atoms with Gasteiger partial charge in [-0.2, -0.15) is 0 Å². The van der Waals surface area contributed by atoms with Crippen molar-refractivity contribution >= 4 is 0 Å². The average Bonchev–Trinajstić information content (AvgIpc) is 2.49. The summed E-state index contributed by atoms with van der Waals surface area (Å²) >= 11 is 0. The molecule has 2 aliphatic rings. The molecule has 1 aliphatic heterocycles. The molecule has 0 atom stereocenters. The van der Waals surface area contributed by atoms with Gasteiger partial charge in [0.25, 0.3) is 0 Å². The monoisotopic (exact) mass is 272 g/mol. The quantitative estimate of drug-likeness (QED) is 0.907. The summed E-state index contributed by atoms with van der Waals surface area (Å²) < 4.78 is 0. The van der Waals surface area contributed by atoms with E-state index in [2.05, 4.69) is 41.4 Å². The second kappa shape index (κ2) is 6.73. The van der Waals surface area contributed by atoms with E-state index in [0.717, 1.165) is 31.5 Å². The van der Waals surface area contributed by atoms with Crippen LogP contribution in [0.2, 0.25) is 0 Å². The lowest BCUT2D eigenvalue weighted by Gasteiger charge is -2.29. The van der Waals surface area contributed by atoms with Crippen LogP contribution in [0.1, 0.15) is 49.7 Å². The molecule has 2 nitrogen and oxygen atoms in total. The van der Waals surface area contributed by atoms with Crippen molar-refractivity contribution in [2.45, 2.75) is 45.1 Å². The lowest BCUT2D eigenvalue weighted by atomic mass is 9.79. The maximum Gasteiger partial charge on any atom is 0.0234 e. The summed E-state index contributed by atoms with van der Waals surface area (Å²) in [4.78, 5) is 2.57. The molecule has 1 aromatic carbocycles. The number of hydrogen-bond acceptors (Lipinski definition) is 2. The fourth-order valence-electron chi connectivity index (χ4n) is 3.67. The summed E-state index contributed by atoms with van der Waals surface area (Å²) in [6.45, 7) is 8.17. The van der Waals surface area contributed by atoms with Crippen molar-refractivity contribution in [1.82, 2.24) is 10.2 Å². The van der Waals surface area contributed by atoms with Gasteiger partial charge in [0.15, 0.2) is 0 Å². The van der Waals surface area contributed by atoms with E-state index in [1.165, 1.54) is 44.3 Å². The Kier molecular flexibility index (Phi) is 4.74. The smallest absolute Gasteiger partial charge is 0.0234 e. The first-order chi connectivity index (χ1) is 9.81. The van der Waals surface area contributed by atoms with Crippen LogP contribution < -0.4 is 5.32 Å².